The highest BCUT2D eigenvalue weighted by atomic mass is 19.3. The van der Waals surface area contributed by atoms with Crippen LogP contribution in [0.25, 0.3) is 0 Å². The largest absolute Gasteiger partial charge is 0.480 e. The number of aliphatic hydroxyl groups is 1. The number of carboxylic acid groups (broad SMARTS) is 1. The second-order valence-corrected chi connectivity index (χ2v) is 9.28. The van der Waals surface area contributed by atoms with Gasteiger partial charge in [0.15, 0.2) is 0 Å². The summed E-state index contributed by atoms with van der Waals surface area (Å²) in [7, 11) is 0. The number of carboxylic acids is 1. The summed E-state index contributed by atoms with van der Waals surface area (Å²) in [6, 6.07) is -2.42. The lowest BCUT2D eigenvalue weighted by Crippen LogP contribution is -2.62. The van der Waals surface area contributed by atoms with Crippen molar-refractivity contribution in [3.63, 3.8) is 0 Å². The Morgan fingerprint density at radius 2 is 1.78 bits per heavy atom. The molecule has 0 radical (unpaired) electrons. The summed E-state index contributed by atoms with van der Waals surface area (Å²) >= 11 is 0. The molecule has 27 heavy (non-hydrogen) atoms. The number of hydrogen-bond acceptors (Lipinski definition) is 4. The number of hydrogen-bond donors (Lipinski definition) is 3. The Morgan fingerprint density at radius 3 is 2.22 bits per heavy atom. The van der Waals surface area contributed by atoms with E-state index in [9.17, 15) is 33.4 Å². The SMILES string of the molecule is CC(C)(O)[C@H](NC(=O)C1CC(F)(F)C1)C(=O)N1C[C@H]2[C@@H]([C@H]1C(=O)O)C2(C)C. The number of carbonyl (C=O) groups excluding carboxylic acids is 2. The van der Waals surface area contributed by atoms with Crippen LogP contribution in [0.5, 0.6) is 0 Å². The zero-order chi connectivity index (χ0) is 20.5. The van der Waals surface area contributed by atoms with Crippen LogP contribution in [0.2, 0.25) is 0 Å². The number of aliphatic carboxylic acids is 1. The Morgan fingerprint density at radius 1 is 1.22 bits per heavy atom. The molecule has 2 saturated carbocycles. The first-order chi connectivity index (χ1) is 12.2. The smallest absolute Gasteiger partial charge is 0.326 e. The van der Waals surface area contributed by atoms with Gasteiger partial charge in [-0.1, -0.05) is 13.8 Å². The molecule has 7 nitrogen and oxygen atoms in total. The third kappa shape index (κ3) is 3.30. The number of nitrogens with zero attached hydrogens (tertiary/aromatic N) is 1. The second-order valence-electron chi connectivity index (χ2n) is 9.28. The molecule has 3 rings (SSSR count). The summed E-state index contributed by atoms with van der Waals surface area (Å²) in [6.45, 7) is 6.78. The van der Waals surface area contributed by atoms with Crippen molar-refractivity contribution < 1.29 is 33.4 Å². The third-order valence-corrected chi connectivity index (χ3v) is 6.45. The van der Waals surface area contributed by atoms with Crippen molar-refractivity contribution in [1.82, 2.24) is 10.2 Å². The van der Waals surface area contributed by atoms with Gasteiger partial charge in [0, 0.05) is 31.2 Å². The monoisotopic (exact) mass is 388 g/mol. The van der Waals surface area contributed by atoms with E-state index in [0.717, 1.165) is 0 Å². The number of fused-ring (bicyclic) bond motifs is 1. The summed E-state index contributed by atoms with van der Waals surface area (Å²) in [5.41, 5.74) is -1.85. The van der Waals surface area contributed by atoms with Gasteiger partial charge in [0.25, 0.3) is 0 Å². The molecule has 0 aromatic heterocycles. The molecule has 0 aromatic carbocycles. The summed E-state index contributed by atoms with van der Waals surface area (Å²) in [4.78, 5) is 38.2. The number of halogens is 2. The first-order valence-electron chi connectivity index (χ1n) is 9.10. The lowest BCUT2D eigenvalue weighted by Gasteiger charge is -2.38. The van der Waals surface area contributed by atoms with Crippen LogP contribution in [-0.4, -0.2) is 63.0 Å². The zero-order valence-electron chi connectivity index (χ0n) is 15.8. The fraction of sp³-hybridized carbons (Fsp3) is 0.833. The quantitative estimate of drug-likeness (QED) is 0.648. The van der Waals surface area contributed by atoms with Crippen molar-refractivity contribution in [2.24, 2.45) is 23.2 Å². The Balaban J connectivity index is 1.75. The average molecular weight is 388 g/mol. The number of nitrogens with one attached hydrogen (secondary N) is 1. The van der Waals surface area contributed by atoms with Crippen LogP contribution in [0.4, 0.5) is 8.78 Å². The van der Waals surface area contributed by atoms with Crippen molar-refractivity contribution in [2.45, 2.75) is 64.1 Å². The predicted octanol–water partition coefficient (Wildman–Crippen LogP) is 0.855. The van der Waals surface area contributed by atoms with Crippen LogP contribution >= 0.6 is 0 Å². The molecule has 3 aliphatic rings. The lowest BCUT2D eigenvalue weighted by atomic mass is 9.80. The van der Waals surface area contributed by atoms with Crippen LogP contribution in [0.15, 0.2) is 0 Å². The first kappa shape index (κ1) is 20.0. The molecule has 4 atom stereocenters. The molecule has 0 aromatic rings. The predicted molar refractivity (Wildman–Crippen MR) is 89.8 cm³/mol. The summed E-state index contributed by atoms with van der Waals surface area (Å²) in [5, 5.41) is 22.4. The maximum Gasteiger partial charge on any atom is 0.326 e. The van der Waals surface area contributed by atoms with Gasteiger partial charge in [-0.05, 0) is 25.2 Å². The van der Waals surface area contributed by atoms with E-state index < -0.39 is 60.2 Å². The van der Waals surface area contributed by atoms with E-state index in [1.54, 1.807) is 0 Å². The van der Waals surface area contributed by atoms with E-state index in [-0.39, 0.29) is 23.8 Å². The molecule has 3 fully saturated rings. The number of alkyl halides is 2. The van der Waals surface area contributed by atoms with E-state index in [2.05, 4.69) is 5.32 Å². The van der Waals surface area contributed by atoms with Crippen molar-refractivity contribution in [1.29, 1.82) is 0 Å². The molecule has 0 unspecified atom stereocenters. The second kappa shape index (κ2) is 5.86. The molecular formula is C18H26F2N2O5. The number of likely N-dealkylation sites (tertiary alicyclic amines) is 1. The molecule has 2 amide bonds. The molecule has 3 N–H and O–H groups in total. The van der Waals surface area contributed by atoms with E-state index in [0.29, 0.717) is 0 Å². The summed E-state index contributed by atoms with van der Waals surface area (Å²) in [6.07, 6.45) is -1.18. The van der Waals surface area contributed by atoms with Crippen molar-refractivity contribution >= 4 is 17.8 Å². The van der Waals surface area contributed by atoms with Gasteiger partial charge in [0.05, 0.1) is 5.60 Å². The molecule has 9 heteroatoms. The fourth-order valence-electron chi connectivity index (χ4n) is 4.61. The number of amides is 2. The molecular weight excluding hydrogens is 362 g/mol. The van der Waals surface area contributed by atoms with Crippen LogP contribution < -0.4 is 5.32 Å². The van der Waals surface area contributed by atoms with Gasteiger partial charge >= 0.3 is 5.97 Å². The van der Waals surface area contributed by atoms with Crippen LogP contribution in [-0.2, 0) is 14.4 Å². The average Bonchev–Trinajstić information content (AvgIpc) is 2.84. The van der Waals surface area contributed by atoms with E-state index in [4.69, 9.17) is 0 Å². The van der Waals surface area contributed by atoms with Gasteiger partial charge in [-0.3, -0.25) is 9.59 Å². The minimum atomic E-state index is -2.88. The van der Waals surface area contributed by atoms with Crippen LogP contribution in [0.1, 0.15) is 40.5 Å². The Bertz CT molecular complexity index is 680. The number of carbonyl (C=O) groups is 3. The van der Waals surface area contributed by atoms with E-state index in [1.807, 2.05) is 13.8 Å². The molecule has 1 heterocycles. The maximum absolute atomic E-state index is 13.0. The third-order valence-electron chi connectivity index (χ3n) is 6.45. The Kier molecular flexibility index (Phi) is 4.34. The number of piperidine rings is 1. The molecule has 0 bridgehead atoms. The lowest BCUT2D eigenvalue weighted by molar-refractivity contribution is -0.159. The highest BCUT2D eigenvalue weighted by Crippen LogP contribution is 2.64. The molecule has 0 spiro atoms. The molecule has 1 aliphatic heterocycles. The van der Waals surface area contributed by atoms with E-state index >= 15 is 0 Å². The maximum atomic E-state index is 13.0. The molecule has 152 valence electrons. The van der Waals surface area contributed by atoms with Crippen molar-refractivity contribution in [3.8, 4) is 0 Å². The highest BCUT2D eigenvalue weighted by molar-refractivity contribution is 5.93. The van der Waals surface area contributed by atoms with Gasteiger partial charge in [-0.2, -0.15) is 0 Å². The van der Waals surface area contributed by atoms with Gasteiger partial charge in [-0.15, -0.1) is 0 Å². The molecule has 2 aliphatic carbocycles. The topological polar surface area (TPSA) is 107 Å². The van der Waals surface area contributed by atoms with Crippen LogP contribution in [0, 0.1) is 23.2 Å². The van der Waals surface area contributed by atoms with Crippen molar-refractivity contribution in [3.05, 3.63) is 0 Å². The first-order valence-corrected chi connectivity index (χ1v) is 9.10. The zero-order valence-corrected chi connectivity index (χ0v) is 15.8. The highest BCUT2D eigenvalue weighted by Gasteiger charge is 2.70. The summed E-state index contributed by atoms with van der Waals surface area (Å²) < 4.78 is 26.0. The van der Waals surface area contributed by atoms with Gasteiger partial charge in [-0.25, -0.2) is 13.6 Å². The van der Waals surface area contributed by atoms with E-state index in [1.165, 1.54) is 18.7 Å². The Hall–Kier alpha value is -1.77. The minimum Gasteiger partial charge on any atom is -0.480 e. The van der Waals surface area contributed by atoms with Crippen molar-refractivity contribution in [2.75, 3.05) is 6.54 Å². The normalized spacial score (nSPS) is 32.3. The van der Waals surface area contributed by atoms with Crippen LogP contribution in [0.3, 0.4) is 0 Å². The van der Waals surface area contributed by atoms with Gasteiger partial charge in [0.2, 0.25) is 17.7 Å². The summed E-state index contributed by atoms with van der Waals surface area (Å²) in [5.74, 6) is -6.48. The molecule has 1 saturated heterocycles. The van der Waals surface area contributed by atoms with Gasteiger partial charge in [0.1, 0.15) is 12.1 Å². The minimum absolute atomic E-state index is 0.0473. The number of rotatable bonds is 5. The van der Waals surface area contributed by atoms with Gasteiger partial charge < -0.3 is 20.4 Å². The Labute approximate surface area is 156 Å². The fourth-order valence-corrected chi connectivity index (χ4v) is 4.61. The standard InChI is InChI=1S/C18H26F2N2O5/c1-16(2)9-7-22(11(10(9)16)15(25)26)14(24)12(17(3,4)27)21-13(23)8-5-18(19,20)6-8/h8-12,27H,5-7H2,1-4H3,(H,21,23)(H,25,26)/t9-,10-,11-,12+/m0/s1.